The summed E-state index contributed by atoms with van der Waals surface area (Å²) >= 11 is 0. The van der Waals surface area contributed by atoms with Gasteiger partial charge in [0.25, 0.3) is 0 Å². The predicted octanol–water partition coefficient (Wildman–Crippen LogP) is 3.80. The van der Waals surface area contributed by atoms with Crippen LogP contribution in [0, 0.1) is 12.7 Å². The highest BCUT2D eigenvalue weighted by atomic mass is 19.1. The number of pyridine rings is 1. The summed E-state index contributed by atoms with van der Waals surface area (Å²) in [5.41, 5.74) is 2.43. The van der Waals surface area contributed by atoms with E-state index in [0.717, 1.165) is 22.6 Å². The lowest BCUT2D eigenvalue weighted by molar-refractivity contribution is 0.413. The van der Waals surface area contributed by atoms with Crippen molar-refractivity contribution in [3.05, 3.63) is 60.3 Å². The molecule has 6 heteroatoms. The molecule has 5 nitrogen and oxygen atoms in total. The monoisotopic (exact) mass is 313 g/mol. The number of benzene rings is 1. The van der Waals surface area contributed by atoms with Gasteiger partial charge in [-0.05, 0) is 25.1 Å². The molecule has 23 heavy (non-hydrogen) atoms. The summed E-state index contributed by atoms with van der Waals surface area (Å²) in [6.45, 7) is 2.27. The number of halogens is 1. The van der Waals surface area contributed by atoms with Crippen molar-refractivity contribution in [2.75, 3.05) is 12.4 Å². The van der Waals surface area contributed by atoms with Crippen LogP contribution < -0.4 is 10.1 Å². The van der Waals surface area contributed by atoms with E-state index in [9.17, 15) is 4.39 Å². The molecule has 0 saturated heterocycles. The van der Waals surface area contributed by atoms with E-state index in [1.165, 1.54) is 19.2 Å². The van der Waals surface area contributed by atoms with Crippen molar-refractivity contribution in [2.24, 2.45) is 0 Å². The summed E-state index contributed by atoms with van der Waals surface area (Å²) in [5.74, 6) is 1.47. The van der Waals surface area contributed by atoms with Gasteiger partial charge >= 0.3 is 0 Å². The Morgan fingerprint density at radius 1 is 1.22 bits per heavy atom. The van der Waals surface area contributed by atoms with Gasteiger partial charge in [-0.2, -0.15) is 0 Å². The van der Waals surface area contributed by atoms with Gasteiger partial charge in [-0.1, -0.05) is 0 Å². The van der Waals surface area contributed by atoms with E-state index < -0.39 is 0 Å². The Kier molecular flexibility index (Phi) is 4.23. The van der Waals surface area contributed by atoms with Gasteiger partial charge in [0.1, 0.15) is 17.3 Å². The van der Waals surface area contributed by atoms with E-state index in [1.54, 1.807) is 24.7 Å². The van der Waals surface area contributed by atoms with E-state index in [2.05, 4.69) is 15.3 Å². The van der Waals surface area contributed by atoms with Crippen LogP contribution in [0.25, 0.3) is 11.1 Å². The first-order chi connectivity index (χ1) is 11.2. The third-order valence-corrected chi connectivity index (χ3v) is 3.37. The van der Waals surface area contributed by atoms with E-state index in [-0.39, 0.29) is 5.82 Å². The summed E-state index contributed by atoms with van der Waals surface area (Å²) < 4.78 is 24.1. The summed E-state index contributed by atoms with van der Waals surface area (Å²) in [5, 5.41) is 3.24. The molecule has 0 fully saturated rings. The first-order valence-electron chi connectivity index (χ1n) is 7.10. The zero-order valence-electron chi connectivity index (χ0n) is 12.8. The van der Waals surface area contributed by atoms with E-state index >= 15 is 0 Å². The number of aromatic nitrogens is 2. The third kappa shape index (κ3) is 3.31. The molecule has 0 radical (unpaired) electrons. The van der Waals surface area contributed by atoms with Crippen molar-refractivity contribution in [3.8, 4) is 16.9 Å². The molecule has 0 unspecified atom stereocenters. The van der Waals surface area contributed by atoms with Crippen molar-refractivity contribution in [1.82, 2.24) is 9.97 Å². The second-order valence-electron chi connectivity index (χ2n) is 4.98. The van der Waals surface area contributed by atoms with Gasteiger partial charge in [-0.15, -0.1) is 0 Å². The number of methoxy groups -OCH3 is 1. The lowest BCUT2D eigenvalue weighted by Crippen LogP contribution is -2.02. The number of rotatable bonds is 5. The summed E-state index contributed by atoms with van der Waals surface area (Å²) in [6, 6.07) is 6.29. The molecule has 2 heterocycles. The molecule has 0 saturated carbocycles. The van der Waals surface area contributed by atoms with Crippen LogP contribution in [0.5, 0.6) is 5.75 Å². The average Bonchev–Trinajstić information content (AvgIpc) is 2.98. The van der Waals surface area contributed by atoms with Gasteiger partial charge in [0.2, 0.25) is 5.89 Å². The van der Waals surface area contributed by atoms with Crippen LogP contribution in [0.1, 0.15) is 11.7 Å². The molecule has 0 aliphatic carbocycles. The molecule has 0 aliphatic heterocycles. The SMILES string of the molecule is COc1cc(F)ccc1-c1ccncc1NCc1ncc(C)o1. The number of ether oxygens (including phenoxy) is 1. The fourth-order valence-electron chi connectivity index (χ4n) is 2.31. The molecule has 1 N–H and O–H groups in total. The molecule has 3 rings (SSSR count). The second kappa shape index (κ2) is 6.48. The van der Waals surface area contributed by atoms with Crippen molar-refractivity contribution in [3.63, 3.8) is 0 Å². The summed E-state index contributed by atoms with van der Waals surface area (Å²) in [7, 11) is 1.52. The van der Waals surface area contributed by atoms with E-state index in [1.807, 2.05) is 13.0 Å². The molecule has 3 aromatic rings. The Morgan fingerprint density at radius 2 is 2.09 bits per heavy atom. The highest BCUT2D eigenvalue weighted by Crippen LogP contribution is 2.35. The maximum absolute atomic E-state index is 13.4. The van der Waals surface area contributed by atoms with Gasteiger partial charge in [-0.3, -0.25) is 4.98 Å². The van der Waals surface area contributed by atoms with Crippen molar-refractivity contribution >= 4 is 5.69 Å². The number of nitrogens with zero attached hydrogens (tertiary/aromatic N) is 2. The van der Waals surface area contributed by atoms with Crippen LogP contribution in [0.2, 0.25) is 0 Å². The average molecular weight is 313 g/mol. The van der Waals surface area contributed by atoms with Gasteiger partial charge in [0.15, 0.2) is 0 Å². The normalized spacial score (nSPS) is 10.6. The van der Waals surface area contributed by atoms with Gasteiger partial charge in [0, 0.05) is 23.4 Å². The lowest BCUT2D eigenvalue weighted by atomic mass is 10.0. The van der Waals surface area contributed by atoms with Crippen molar-refractivity contribution in [1.29, 1.82) is 0 Å². The highest BCUT2D eigenvalue weighted by Gasteiger charge is 2.12. The van der Waals surface area contributed by atoms with E-state index in [0.29, 0.717) is 18.2 Å². The molecule has 2 aromatic heterocycles. The van der Waals surface area contributed by atoms with Crippen LogP contribution in [0.3, 0.4) is 0 Å². The Bertz CT molecular complexity index is 817. The van der Waals surface area contributed by atoms with Gasteiger partial charge in [0.05, 0.1) is 31.7 Å². The molecule has 0 aliphatic rings. The standard InChI is InChI=1S/C17H16FN3O2/c1-11-8-21-17(23-11)10-20-15-9-19-6-5-13(15)14-4-3-12(18)7-16(14)22-2/h3-9,20H,10H2,1-2H3. The van der Waals surface area contributed by atoms with Gasteiger partial charge < -0.3 is 14.5 Å². The van der Waals surface area contributed by atoms with Crippen LogP contribution >= 0.6 is 0 Å². The Morgan fingerprint density at radius 3 is 2.83 bits per heavy atom. The zero-order chi connectivity index (χ0) is 16.2. The molecular formula is C17H16FN3O2. The molecule has 0 bridgehead atoms. The third-order valence-electron chi connectivity index (χ3n) is 3.37. The fraction of sp³-hybridized carbons (Fsp3) is 0.176. The molecule has 1 aromatic carbocycles. The lowest BCUT2D eigenvalue weighted by Gasteiger charge is -2.13. The predicted molar refractivity (Wildman–Crippen MR) is 84.7 cm³/mol. The number of hydrogen-bond acceptors (Lipinski definition) is 5. The number of aryl methyl sites for hydroxylation is 1. The number of hydrogen-bond donors (Lipinski definition) is 1. The summed E-state index contributed by atoms with van der Waals surface area (Å²) in [6.07, 6.45) is 5.05. The van der Waals surface area contributed by atoms with Crippen LogP contribution in [0.15, 0.2) is 47.3 Å². The quantitative estimate of drug-likeness (QED) is 0.776. The summed E-state index contributed by atoms with van der Waals surface area (Å²) in [4.78, 5) is 8.29. The second-order valence-corrected chi connectivity index (χ2v) is 4.98. The largest absolute Gasteiger partial charge is 0.496 e. The topological polar surface area (TPSA) is 60.2 Å². The maximum Gasteiger partial charge on any atom is 0.213 e. The Labute approximate surface area is 133 Å². The van der Waals surface area contributed by atoms with E-state index in [4.69, 9.17) is 9.15 Å². The minimum atomic E-state index is -0.343. The number of anilines is 1. The Hall–Kier alpha value is -2.89. The zero-order valence-corrected chi connectivity index (χ0v) is 12.8. The fourth-order valence-corrected chi connectivity index (χ4v) is 2.31. The molecule has 0 spiro atoms. The maximum atomic E-state index is 13.4. The highest BCUT2D eigenvalue weighted by molar-refractivity contribution is 5.81. The van der Waals surface area contributed by atoms with Crippen LogP contribution in [-0.2, 0) is 6.54 Å². The smallest absolute Gasteiger partial charge is 0.213 e. The first-order valence-corrected chi connectivity index (χ1v) is 7.10. The Balaban J connectivity index is 1.91. The molecule has 0 atom stereocenters. The van der Waals surface area contributed by atoms with Crippen LogP contribution in [0.4, 0.5) is 10.1 Å². The molecule has 118 valence electrons. The van der Waals surface area contributed by atoms with Crippen molar-refractivity contribution in [2.45, 2.75) is 13.5 Å². The number of nitrogens with one attached hydrogen (secondary N) is 1. The number of oxazole rings is 1. The van der Waals surface area contributed by atoms with Gasteiger partial charge in [-0.25, -0.2) is 9.37 Å². The van der Waals surface area contributed by atoms with Crippen LogP contribution in [-0.4, -0.2) is 17.1 Å². The molecular weight excluding hydrogens is 297 g/mol. The first kappa shape index (κ1) is 15.0. The van der Waals surface area contributed by atoms with Crippen molar-refractivity contribution < 1.29 is 13.5 Å². The minimum Gasteiger partial charge on any atom is -0.496 e. The molecule has 0 amide bonds. The minimum absolute atomic E-state index is 0.343.